The van der Waals surface area contributed by atoms with Crippen LogP contribution < -0.4 is 14.8 Å². The van der Waals surface area contributed by atoms with Crippen molar-refractivity contribution in [1.82, 2.24) is 4.90 Å². The topological polar surface area (TPSA) is 50.8 Å². The first-order chi connectivity index (χ1) is 13.2. The zero-order chi connectivity index (χ0) is 18.6. The highest BCUT2D eigenvalue weighted by atomic mass is 19.1. The fraction of sp³-hybridized carbons (Fsp3) is 0.381. The molecule has 2 amide bonds. The van der Waals surface area contributed by atoms with Gasteiger partial charge in [0.25, 0.3) is 0 Å². The molecule has 0 bridgehead atoms. The molecule has 1 aliphatic heterocycles. The van der Waals surface area contributed by atoms with Gasteiger partial charge in [0.1, 0.15) is 5.82 Å². The van der Waals surface area contributed by atoms with Crippen molar-refractivity contribution in [2.45, 2.75) is 44.7 Å². The van der Waals surface area contributed by atoms with Gasteiger partial charge in [0.05, 0.1) is 0 Å². The van der Waals surface area contributed by atoms with Crippen LogP contribution in [0.5, 0.6) is 11.5 Å². The quantitative estimate of drug-likeness (QED) is 0.831. The first-order valence-electron chi connectivity index (χ1n) is 9.41. The van der Waals surface area contributed by atoms with E-state index in [0.717, 1.165) is 37.0 Å². The molecule has 1 N–H and O–H groups in total. The van der Waals surface area contributed by atoms with Crippen LogP contribution in [0.15, 0.2) is 42.5 Å². The Balaban J connectivity index is 1.53. The van der Waals surface area contributed by atoms with Gasteiger partial charge in [-0.15, -0.1) is 0 Å². The van der Waals surface area contributed by atoms with Gasteiger partial charge in [-0.2, -0.15) is 0 Å². The minimum absolute atomic E-state index is 0.178. The van der Waals surface area contributed by atoms with Crippen LogP contribution in [0.25, 0.3) is 0 Å². The van der Waals surface area contributed by atoms with Gasteiger partial charge < -0.3 is 19.7 Å². The molecule has 6 heteroatoms. The molecule has 2 aromatic carbocycles. The van der Waals surface area contributed by atoms with Crippen molar-refractivity contribution in [2.75, 3.05) is 12.1 Å². The number of nitrogens with zero attached hydrogens (tertiary/aromatic N) is 1. The third kappa shape index (κ3) is 4.15. The molecule has 1 saturated carbocycles. The first-order valence-corrected chi connectivity index (χ1v) is 9.41. The van der Waals surface area contributed by atoms with Crippen molar-refractivity contribution in [1.29, 1.82) is 0 Å². The third-order valence-electron chi connectivity index (χ3n) is 5.14. The Labute approximate surface area is 158 Å². The number of rotatable bonds is 4. The zero-order valence-corrected chi connectivity index (χ0v) is 15.1. The van der Waals surface area contributed by atoms with Crippen molar-refractivity contribution < 1.29 is 18.7 Å². The predicted octanol–water partition coefficient (Wildman–Crippen LogP) is 4.92. The Bertz CT molecular complexity index is 821. The molecule has 1 heterocycles. The molecule has 0 saturated heterocycles. The predicted molar refractivity (Wildman–Crippen MR) is 100 cm³/mol. The average molecular weight is 370 g/mol. The molecule has 2 aromatic rings. The summed E-state index contributed by atoms with van der Waals surface area (Å²) in [5, 5.41) is 2.84. The van der Waals surface area contributed by atoms with Gasteiger partial charge in [0.15, 0.2) is 11.5 Å². The lowest BCUT2D eigenvalue weighted by atomic mass is 9.94. The number of carbonyl (C=O) groups is 1. The summed E-state index contributed by atoms with van der Waals surface area (Å²) in [5.41, 5.74) is 1.45. The van der Waals surface area contributed by atoms with Crippen LogP contribution in [0.1, 0.15) is 37.7 Å². The van der Waals surface area contributed by atoms with Crippen molar-refractivity contribution in [3.05, 3.63) is 53.8 Å². The largest absolute Gasteiger partial charge is 0.454 e. The summed E-state index contributed by atoms with van der Waals surface area (Å²) in [7, 11) is 0. The highest BCUT2D eigenvalue weighted by molar-refractivity contribution is 5.89. The Kier molecular flexibility index (Phi) is 5.14. The second-order valence-electron chi connectivity index (χ2n) is 7.05. The molecule has 0 atom stereocenters. The number of nitrogens with one attached hydrogen (secondary N) is 1. The molecule has 2 aliphatic rings. The Morgan fingerprint density at radius 2 is 1.89 bits per heavy atom. The lowest BCUT2D eigenvalue weighted by Crippen LogP contribution is -2.43. The molecule has 0 radical (unpaired) electrons. The second-order valence-corrected chi connectivity index (χ2v) is 7.05. The maximum atomic E-state index is 13.5. The highest BCUT2D eigenvalue weighted by Gasteiger charge is 2.26. The van der Waals surface area contributed by atoms with E-state index in [2.05, 4.69) is 5.32 Å². The lowest BCUT2D eigenvalue weighted by molar-refractivity contribution is 0.162. The first kappa shape index (κ1) is 17.6. The average Bonchev–Trinajstić information content (AvgIpc) is 3.14. The zero-order valence-electron chi connectivity index (χ0n) is 15.1. The van der Waals surface area contributed by atoms with E-state index in [4.69, 9.17) is 9.47 Å². The Morgan fingerprint density at radius 1 is 1.07 bits per heavy atom. The van der Waals surface area contributed by atoms with E-state index < -0.39 is 0 Å². The standard InChI is InChI=1S/C21H23FN2O3/c22-16-5-4-6-17(12-16)23-21(25)24(18-7-2-1-3-8-18)13-15-9-10-19-20(11-15)27-14-26-19/h4-6,9-12,18H,1-3,7-8,13-14H2,(H,23,25). The number of fused-ring (bicyclic) bond motifs is 1. The number of halogens is 1. The molecule has 142 valence electrons. The van der Waals surface area contributed by atoms with Crippen LogP contribution in [-0.4, -0.2) is 23.8 Å². The minimum atomic E-state index is -0.368. The Morgan fingerprint density at radius 3 is 2.70 bits per heavy atom. The smallest absolute Gasteiger partial charge is 0.322 e. The molecule has 27 heavy (non-hydrogen) atoms. The summed E-state index contributed by atoms with van der Waals surface area (Å²) in [5.74, 6) is 1.07. The van der Waals surface area contributed by atoms with Crippen LogP contribution in [-0.2, 0) is 6.54 Å². The van der Waals surface area contributed by atoms with Crippen LogP contribution in [0.3, 0.4) is 0 Å². The van der Waals surface area contributed by atoms with Crippen molar-refractivity contribution >= 4 is 11.7 Å². The molecule has 1 aliphatic carbocycles. The van der Waals surface area contributed by atoms with Crippen LogP contribution in [0.2, 0.25) is 0 Å². The van der Waals surface area contributed by atoms with Crippen LogP contribution in [0, 0.1) is 5.82 Å². The number of anilines is 1. The van der Waals surface area contributed by atoms with Crippen molar-refractivity contribution in [3.63, 3.8) is 0 Å². The summed E-state index contributed by atoms with van der Waals surface area (Å²) < 4.78 is 24.3. The number of hydrogen-bond donors (Lipinski definition) is 1. The fourth-order valence-corrected chi connectivity index (χ4v) is 3.76. The molecule has 5 nitrogen and oxygen atoms in total. The Hall–Kier alpha value is -2.76. The van der Waals surface area contributed by atoms with Gasteiger partial charge in [-0.25, -0.2) is 9.18 Å². The highest BCUT2D eigenvalue weighted by Crippen LogP contribution is 2.33. The van der Waals surface area contributed by atoms with E-state index in [0.29, 0.717) is 18.0 Å². The number of ether oxygens (including phenoxy) is 2. The number of hydrogen-bond acceptors (Lipinski definition) is 3. The number of amides is 2. The van der Waals surface area contributed by atoms with Gasteiger partial charge in [-0.1, -0.05) is 31.4 Å². The number of urea groups is 1. The van der Waals surface area contributed by atoms with Gasteiger partial charge in [0.2, 0.25) is 6.79 Å². The minimum Gasteiger partial charge on any atom is -0.454 e. The fourth-order valence-electron chi connectivity index (χ4n) is 3.76. The van der Waals surface area contributed by atoms with Gasteiger partial charge in [0, 0.05) is 18.3 Å². The van der Waals surface area contributed by atoms with Crippen molar-refractivity contribution in [3.8, 4) is 11.5 Å². The van der Waals surface area contributed by atoms with Crippen molar-refractivity contribution in [2.24, 2.45) is 0 Å². The maximum Gasteiger partial charge on any atom is 0.322 e. The van der Waals surface area contributed by atoms with Crippen LogP contribution in [0.4, 0.5) is 14.9 Å². The maximum absolute atomic E-state index is 13.5. The van der Waals surface area contributed by atoms with Gasteiger partial charge in [-0.3, -0.25) is 0 Å². The van der Waals surface area contributed by atoms with E-state index in [9.17, 15) is 9.18 Å². The molecule has 0 unspecified atom stereocenters. The summed E-state index contributed by atoms with van der Waals surface area (Å²) in [6.45, 7) is 0.702. The van der Waals surface area contributed by atoms with E-state index in [1.54, 1.807) is 12.1 Å². The number of benzene rings is 2. The molecule has 0 spiro atoms. The summed E-state index contributed by atoms with van der Waals surface area (Å²) in [6, 6.07) is 11.7. The summed E-state index contributed by atoms with van der Waals surface area (Å²) >= 11 is 0. The van der Waals surface area contributed by atoms with E-state index in [1.807, 2.05) is 23.1 Å². The lowest BCUT2D eigenvalue weighted by Gasteiger charge is -2.34. The number of carbonyl (C=O) groups excluding carboxylic acids is 1. The van der Waals surface area contributed by atoms with Gasteiger partial charge >= 0.3 is 6.03 Å². The van der Waals surface area contributed by atoms with Gasteiger partial charge in [-0.05, 0) is 48.7 Å². The summed E-state index contributed by atoms with van der Waals surface area (Å²) in [6.07, 6.45) is 5.42. The molecule has 0 aromatic heterocycles. The molecule has 4 rings (SSSR count). The third-order valence-corrected chi connectivity index (χ3v) is 5.14. The molecular weight excluding hydrogens is 347 g/mol. The molecular formula is C21H23FN2O3. The summed E-state index contributed by atoms with van der Waals surface area (Å²) in [4.78, 5) is 14.9. The normalized spacial score (nSPS) is 16.2. The monoisotopic (exact) mass is 370 g/mol. The van der Waals surface area contributed by atoms with Crippen LogP contribution >= 0.6 is 0 Å². The van der Waals surface area contributed by atoms with E-state index in [1.165, 1.54) is 18.6 Å². The van der Waals surface area contributed by atoms with E-state index in [-0.39, 0.29) is 24.7 Å². The second kappa shape index (κ2) is 7.86. The SMILES string of the molecule is O=C(Nc1cccc(F)c1)N(Cc1ccc2c(c1)OCO2)C1CCCCC1. The molecule has 1 fully saturated rings. The van der Waals surface area contributed by atoms with E-state index >= 15 is 0 Å².